The molecule has 0 saturated carbocycles. The van der Waals surface area contributed by atoms with Gasteiger partial charge in [0, 0.05) is 30.4 Å². The number of allylic oxidation sites excluding steroid dienone is 3. The molecule has 2 N–H and O–H groups in total. The van der Waals surface area contributed by atoms with Gasteiger partial charge in [-0.25, -0.2) is 0 Å². The van der Waals surface area contributed by atoms with Crippen LogP contribution in [-0.4, -0.2) is 27.0 Å². The number of aromatic nitrogens is 2. The van der Waals surface area contributed by atoms with Crippen LogP contribution in [0.25, 0.3) is 0 Å². The molecule has 148 valence electrons. The molecule has 0 fully saturated rings. The van der Waals surface area contributed by atoms with Crippen molar-refractivity contribution in [2.24, 2.45) is 0 Å². The zero-order valence-electron chi connectivity index (χ0n) is 15.0. The molecule has 0 aliphatic carbocycles. The summed E-state index contributed by atoms with van der Waals surface area (Å²) in [4.78, 5) is 22.4. The predicted octanol–water partition coefficient (Wildman–Crippen LogP) is 3.10. The van der Waals surface area contributed by atoms with E-state index in [4.69, 9.17) is 0 Å². The quantitative estimate of drug-likeness (QED) is 0.827. The van der Waals surface area contributed by atoms with E-state index in [1.165, 1.54) is 24.4 Å². The van der Waals surface area contributed by atoms with Crippen LogP contribution >= 0.6 is 0 Å². The van der Waals surface area contributed by atoms with Gasteiger partial charge in [0.15, 0.2) is 6.04 Å². The highest BCUT2D eigenvalue weighted by molar-refractivity contribution is 5.95. The summed E-state index contributed by atoms with van der Waals surface area (Å²) in [5, 5.41) is 5.09. The van der Waals surface area contributed by atoms with Gasteiger partial charge in [0.1, 0.15) is 11.9 Å². The van der Waals surface area contributed by atoms with E-state index < -0.39 is 24.3 Å². The second-order valence-corrected chi connectivity index (χ2v) is 6.40. The van der Waals surface area contributed by atoms with Crippen molar-refractivity contribution >= 4 is 5.91 Å². The number of hydrogen-bond acceptors (Lipinski definition) is 5. The van der Waals surface area contributed by atoms with E-state index in [0.29, 0.717) is 5.70 Å². The molecule has 4 rings (SSSR count). The number of alkyl halides is 3. The van der Waals surface area contributed by atoms with E-state index in [-0.39, 0.29) is 11.4 Å². The van der Waals surface area contributed by atoms with Crippen molar-refractivity contribution in [3.63, 3.8) is 0 Å². The van der Waals surface area contributed by atoms with Gasteiger partial charge in [-0.05, 0) is 30.4 Å². The Labute approximate surface area is 164 Å². The zero-order chi connectivity index (χ0) is 20.4. The Hall–Kier alpha value is -3.62. The number of halogens is 3. The van der Waals surface area contributed by atoms with Gasteiger partial charge in [-0.3, -0.25) is 14.8 Å². The minimum atomic E-state index is -4.70. The van der Waals surface area contributed by atoms with Crippen LogP contribution in [0.1, 0.15) is 23.5 Å². The van der Waals surface area contributed by atoms with Crippen molar-refractivity contribution in [1.82, 2.24) is 25.5 Å². The van der Waals surface area contributed by atoms with Crippen molar-refractivity contribution in [3.8, 4) is 0 Å². The maximum absolute atomic E-state index is 13.6. The number of nitrogens with one attached hydrogen (secondary N) is 2. The lowest BCUT2D eigenvalue weighted by Crippen LogP contribution is -2.41. The number of fused-ring (bicyclic) bond motifs is 1. The van der Waals surface area contributed by atoms with Crippen LogP contribution in [0.2, 0.25) is 0 Å². The van der Waals surface area contributed by atoms with E-state index in [1.807, 2.05) is 6.07 Å². The van der Waals surface area contributed by atoms with Crippen molar-refractivity contribution in [3.05, 3.63) is 96.0 Å². The summed E-state index contributed by atoms with van der Waals surface area (Å²) in [6.45, 7) is 0. The minimum Gasteiger partial charge on any atom is -0.355 e. The number of carbonyl (C=O) groups is 1. The van der Waals surface area contributed by atoms with Crippen LogP contribution in [0, 0.1) is 0 Å². The van der Waals surface area contributed by atoms with Crippen molar-refractivity contribution in [2.75, 3.05) is 0 Å². The first kappa shape index (κ1) is 18.7. The third-order valence-corrected chi connectivity index (χ3v) is 4.52. The molecule has 2 aliphatic heterocycles. The standard InChI is InChI=1S/C20H16F3N5O/c21-20(22,23)17(14-7-1-3-10-25-14)27-19(29)16-15-8-2-4-11-28(15)18(26-16)13-6-5-9-24-12-13/h1-12,17-18,26H,(H,27,29). The maximum Gasteiger partial charge on any atom is 0.414 e. The molecule has 0 saturated heterocycles. The molecular weight excluding hydrogens is 383 g/mol. The van der Waals surface area contributed by atoms with E-state index in [9.17, 15) is 18.0 Å². The van der Waals surface area contributed by atoms with Crippen LogP contribution < -0.4 is 10.6 Å². The smallest absolute Gasteiger partial charge is 0.355 e. The molecule has 1 amide bonds. The number of hydrogen-bond donors (Lipinski definition) is 2. The molecule has 6 nitrogen and oxygen atoms in total. The van der Waals surface area contributed by atoms with Gasteiger partial charge in [0.25, 0.3) is 5.91 Å². The van der Waals surface area contributed by atoms with Gasteiger partial charge < -0.3 is 15.5 Å². The number of pyridine rings is 2. The Morgan fingerprint density at radius 3 is 2.72 bits per heavy atom. The van der Waals surface area contributed by atoms with Gasteiger partial charge in [-0.2, -0.15) is 13.2 Å². The molecule has 4 heterocycles. The van der Waals surface area contributed by atoms with E-state index in [1.54, 1.807) is 47.8 Å². The average molecular weight is 399 g/mol. The van der Waals surface area contributed by atoms with Gasteiger partial charge in [-0.15, -0.1) is 0 Å². The van der Waals surface area contributed by atoms with Gasteiger partial charge in [-0.1, -0.05) is 18.2 Å². The molecule has 2 aliphatic rings. The summed E-state index contributed by atoms with van der Waals surface area (Å²) in [5.41, 5.74) is 1.01. The highest BCUT2D eigenvalue weighted by Gasteiger charge is 2.44. The molecule has 29 heavy (non-hydrogen) atoms. The maximum atomic E-state index is 13.6. The molecule has 2 atom stereocenters. The predicted molar refractivity (Wildman–Crippen MR) is 98.4 cm³/mol. The average Bonchev–Trinajstić information content (AvgIpc) is 3.12. The van der Waals surface area contributed by atoms with Gasteiger partial charge >= 0.3 is 6.18 Å². The van der Waals surface area contributed by atoms with Crippen LogP contribution in [0.3, 0.4) is 0 Å². The lowest BCUT2D eigenvalue weighted by molar-refractivity contribution is -0.163. The monoisotopic (exact) mass is 399 g/mol. The highest BCUT2D eigenvalue weighted by Crippen LogP contribution is 2.35. The van der Waals surface area contributed by atoms with E-state index in [0.717, 1.165) is 5.56 Å². The molecular formula is C20H16F3N5O. The fourth-order valence-electron chi connectivity index (χ4n) is 3.21. The van der Waals surface area contributed by atoms with E-state index in [2.05, 4.69) is 20.6 Å². The molecule has 9 heteroatoms. The minimum absolute atomic E-state index is 0.0460. The molecule has 0 spiro atoms. The van der Waals surface area contributed by atoms with Crippen molar-refractivity contribution in [2.45, 2.75) is 18.4 Å². The molecule has 2 aromatic heterocycles. The molecule has 2 aromatic rings. The highest BCUT2D eigenvalue weighted by atomic mass is 19.4. The second-order valence-electron chi connectivity index (χ2n) is 6.40. The summed E-state index contributed by atoms with van der Waals surface area (Å²) in [6, 6.07) is 5.53. The number of nitrogens with zero attached hydrogens (tertiary/aromatic N) is 3. The van der Waals surface area contributed by atoms with Gasteiger partial charge in [0.05, 0.1) is 11.4 Å². The summed E-state index contributed by atoms with van der Waals surface area (Å²) >= 11 is 0. The largest absolute Gasteiger partial charge is 0.414 e. The molecule has 0 radical (unpaired) electrons. The van der Waals surface area contributed by atoms with Crippen LogP contribution in [0.5, 0.6) is 0 Å². The van der Waals surface area contributed by atoms with Crippen molar-refractivity contribution < 1.29 is 18.0 Å². The SMILES string of the molecule is O=C(NC(c1ccccn1)C(F)(F)F)C1=C2C=CC=CN2C(c2cccnc2)N1. The first-order valence-corrected chi connectivity index (χ1v) is 8.77. The Morgan fingerprint density at radius 2 is 2.03 bits per heavy atom. The first-order chi connectivity index (χ1) is 13.9. The normalized spacial score (nSPS) is 19.0. The first-order valence-electron chi connectivity index (χ1n) is 8.77. The summed E-state index contributed by atoms with van der Waals surface area (Å²) < 4.78 is 40.8. The Bertz CT molecular complexity index is 986. The lowest BCUT2D eigenvalue weighted by atomic mass is 10.1. The fraction of sp³-hybridized carbons (Fsp3) is 0.150. The zero-order valence-corrected chi connectivity index (χ0v) is 15.0. The van der Waals surface area contributed by atoms with E-state index >= 15 is 0 Å². The number of rotatable bonds is 4. The Balaban J connectivity index is 1.63. The third kappa shape index (κ3) is 3.71. The summed E-state index contributed by atoms with van der Waals surface area (Å²) in [7, 11) is 0. The molecule has 0 bridgehead atoms. The van der Waals surface area contributed by atoms with Gasteiger partial charge in [0.2, 0.25) is 0 Å². The Kier molecular flexibility index (Phi) is 4.79. The summed E-state index contributed by atoms with van der Waals surface area (Å²) in [6.07, 6.45) is 6.27. The Morgan fingerprint density at radius 1 is 1.17 bits per heavy atom. The van der Waals surface area contributed by atoms with Crippen LogP contribution in [-0.2, 0) is 4.79 Å². The molecule has 2 unspecified atom stereocenters. The third-order valence-electron chi connectivity index (χ3n) is 4.52. The topological polar surface area (TPSA) is 70.2 Å². The number of amides is 1. The number of carbonyl (C=O) groups excluding carboxylic acids is 1. The van der Waals surface area contributed by atoms with Crippen LogP contribution in [0.15, 0.2) is 84.7 Å². The second kappa shape index (κ2) is 7.42. The van der Waals surface area contributed by atoms with Crippen molar-refractivity contribution in [1.29, 1.82) is 0 Å². The molecule has 0 aromatic carbocycles. The fourth-order valence-corrected chi connectivity index (χ4v) is 3.21. The summed E-state index contributed by atoms with van der Waals surface area (Å²) in [5.74, 6) is -0.871. The van der Waals surface area contributed by atoms with Crippen LogP contribution in [0.4, 0.5) is 13.2 Å². The lowest BCUT2D eigenvalue weighted by Gasteiger charge is -2.25.